The van der Waals surface area contributed by atoms with Crippen molar-refractivity contribution in [3.63, 3.8) is 0 Å². The summed E-state index contributed by atoms with van der Waals surface area (Å²) in [6.45, 7) is 2.35. The molecule has 1 aliphatic heterocycles. The Morgan fingerprint density at radius 2 is 2.12 bits per heavy atom. The van der Waals surface area contributed by atoms with E-state index in [1.54, 1.807) is 18.9 Å². The van der Waals surface area contributed by atoms with Crippen LogP contribution in [0.5, 0.6) is 5.75 Å². The quantitative estimate of drug-likeness (QED) is 0.791. The molecule has 7 heteroatoms. The van der Waals surface area contributed by atoms with Gasteiger partial charge in [-0.3, -0.25) is 4.79 Å². The lowest BCUT2D eigenvalue weighted by atomic mass is 10.0. The molecule has 0 N–H and O–H groups in total. The smallest absolute Gasteiger partial charge is 0.249 e. The highest BCUT2D eigenvalue weighted by Crippen LogP contribution is 2.32. The summed E-state index contributed by atoms with van der Waals surface area (Å²) in [5.41, 5.74) is 0.838. The van der Waals surface area contributed by atoms with Gasteiger partial charge in [-0.05, 0) is 50.5 Å². The fraction of sp³-hybridized carbons (Fsp3) is 0.471. The third-order valence-corrected chi connectivity index (χ3v) is 4.39. The van der Waals surface area contributed by atoms with E-state index in [1.165, 1.54) is 0 Å². The Bertz CT molecular complexity index is 699. The first-order valence-corrected chi connectivity index (χ1v) is 8.46. The number of aromatic nitrogens is 2. The summed E-state index contributed by atoms with van der Waals surface area (Å²) in [6, 6.07) is 7.23. The minimum Gasteiger partial charge on any atom is -0.497 e. The number of nitrogens with zero attached hydrogens (tertiary/aromatic N) is 3. The molecule has 0 bridgehead atoms. The lowest BCUT2D eigenvalue weighted by Crippen LogP contribution is -2.41. The van der Waals surface area contributed by atoms with E-state index in [0.29, 0.717) is 18.3 Å². The number of hydrogen-bond donors (Lipinski definition) is 0. The van der Waals surface area contributed by atoms with Crippen molar-refractivity contribution in [1.29, 1.82) is 0 Å². The Labute approximate surface area is 145 Å². The number of alkyl halides is 1. The minimum atomic E-state index is -0.561. The van der Waals surface area contributed by atoms with Gasteiger partial charge in [0.05, 0.1) is 7.11 Å². The van der Waals surface area contributed by atoms with Crippen molar-refractivity contribution in [2.24, 2.45) is 0 Å². The van der Waals surface area contributed by atoms with Gasteiger partial charge in [0.25, 0.3) is 0 Å². The molecular weight excluding hydrogens is 330 g/mol. The van der Waals surface area contributed by atoms with E-state index < -0.39 is 5.38 Å². The van der Waals surface area contributed by atoms with Crippen molar-refractivity contribution in [3.8, 4) is 17.1 Å². The van der Waals surface area contributed by atoms with Gasteiger partial charge in [-0.1, -0.05) is 5.16 Å². The normalized spacial score (nSPS) is 19.1. The Kier molecular flexibility index (Phi) is 5.04. The van der Waals surface area contributed by atoms with Crippen LogP contribution < -0.4 is 4.74 Å². The molecule has 0 saturated carbocycles. The first kappa shape index (κ1) is 16.8. The molecule has 1 aliphatic rings. The van der Waals surface area contributed by atoms with Crippen molar-refractivity contribution >= 4 is 17.5 Å². The molecule has 0 spiro atoms. The molecule has 2 heterocycles. The maximum absolute atomic E-state index is 12.3. The molecule has 0 radical (unpaired) electrons. The molecule has 1 saturated heterocycles. The number of benzene rings is 1. The van der Waals surface area contributed by atoms with Crippen LogP contribution in [0.25, 0.3) is 11.4 Å². The summed E-state index contributed by atoms with van der Waals surface area (Å²) < 4.78 is 10.6. The number of likely N-dealkylation sites (tertiary alicyclic amines) is 1. The Hall–Kier alpha value is -2.08. The molecule has 2 aromatic rings. The van der Waals surface area contributed by atoms with Crippen LogP contribution in [0.4, 0.5) is 0 Å². The summed E-state index contributed by atoms with van der Waals surface area (Å²) >= 11 is 5.97. The number of methoxy groups -OCH3 is 1. The third kappa shape index (κ3) is 3.38. The van der Waals surface area contributed by atoms with Crippen LogP contribution in [0.2, 0.25) is 0 Å². The first-order valence-electron chi connectivity index (χ1n) is 8.02. The fourth-order valence-electron chi connectivity index (χ4n) is 2.91. The summed E-state index contributed by atoms with van der Waals surface area (Å²) in [5, 5.41) is 3.50. The maximum Gasteiger partial charge on any atom is 0.249 e. The van der Waals surface area contributed by atoms with Crippen LogP contribution in [-0.4, -0.2) is 40.0 Å². The molecule has 2 unspecified atom stereocenters. The molecule has 1 aromatic heterocycles. The van der Waals surface area contributed by atoms with Crippen molar-refractivity contribution in [2.45, 2.75) is 37.6 Å². The minimum absolute atomic E-state index is 0.0921. The van der Waals surface area contributed by atoms with Crippen LogP contribution in [0.1, 0.15) is 38.1 Å². The van der Waals surface area contributed by atoms with Gasteiger partial charge in [0.15, 0.2) is 0 Å². The second-order valence-electron chi connectivity index (χ2n) is 5.84. The molecule has 1 aromatic carbocycles. The highest BCUT2D eigenvalue weighted by molar-refractivity contribution is 6.30. The summed E-state index contributed by atoms with van der Waals surface area (Å²) in [7, 11) is 1.62. The van der Waals surface area contributed by atoms with Crippen LogP contribution in [-0.2, 0) is 4.79 Å². The zero-order chi connectivity index (χ0) is 17.1. The Balaban J connectivity index is 1.83. The van der Waals surface area contributed by atoms with E-state index in [-0.39, 0.29) is 11.9 Å². The van der Waals surface area contributed by atoms with E-state index in [4.69, 9.17) is 20.9 Å². The van der Waals surface area contributed by atoms with Crippen LogP contribution in [0.3, 0.4) is 0 Å². The van der Waals surface area contributed by atoms with Gasteiger partial charge >= 0.3 is 0 Å². The van der Waals surface area contributed by atoms with Gasteiger partial charge in [0.1, 0.15) is 17.2 Å². The highest BCUT2D eigenvalue weighted by atomic mass is 35.5. The number of rotatable bonds is 4. The second kappa shape index (κ2) is 7.21. The maximum atomic E-state index is 12.3. The van der Waals surface area contributed by atoms with Crippen LogP contribution >= 0.6 is 11.6 Å². The Morgan fingerprint density at radius 3 is 2.79 bits per heavy atom. The van der Waals surface area contributed by atoms with Crippen molar-refractivity contribution < 1.29 is 14.1 Å². The molecule has 6 nitrogen and oxygen atoms in total. The molecule has 0 aliphatic carbocycles. The van der Waals surface area contributed by atoms with Crippen molar-refractivity contribution in [2.75, 3.05) is 13.7 Å². The molecular formula is C17H20ClN3O3. The summed E-state index contributed by atoms with van der Waals surface area (Å²) in [4.78, 5) is 18.6. The van der Waals surface area contributed by atoms with Crippen molar-refractivity contribution in [1.82, 2.24) is 15.0 Å². The van der Waals surface area contributed by atoms with E-state index in [0.717, 1.165) is 30.6 Å². The predicted octanol–water partition coefficient (Wildman–Crippen LogP) is 3.43. The molecule has 1 amide bonds. The van der Waals surface area contributed by atoms with Gasteiger partial charge in [0.2, 0.25) is 17.6 Å². The number of carbonyl (C=O) groups excluding carboxylic acids is 1. The molecule has 24 heavy (non-hydrogen) atoms. The third-order valence-electron chi connectivity index (χ3n) is 4.20. The summed E-state index contributed by atoms with van der Waals surface area (Å²) in [6.07, 6.45) is 2.79. The number of amides is 1. The number of piperidine rings is 1. The highest BCUT2D eigenvalue weighted by Gasteiger charge is 2.33. The topological polar surface area (TPSA) is 68.5 Å². The zero-order valence-electron chi connectivity index (χ0n) is 13.7. The van der Waals surface area contributed by atoms with E-state index in [9.17, 15) is 4.79 Å². The zero-order valence-corrected chi connectivity index (χ0v) is 14.5. The van der Waals surface area contributed by atoms with Gasteiger partial charge in [-0.25, -0.2) is 0 Å². The second-order valence-corrected chi connectivity index (χ2v) is 6.50. The fourth-order valence-corrected chi connectivity index (χ4v) is 3.03. The average molecular weight is 350 g/mol. The number of hydrogen-bond acceptors (Lipinski definition) is 5. The molecule has 128 valence electrons. The predicted molar refractivity (Wildman–Crippen MR) is 89.9 cm³/mol. The lowest BCUT2D eigenvalue weighted by Gasteiger charge is -2.34. The van der Waals surface area contributed by atoms with Crippen LogP contribution in [0, 0.1) is 0 Å². The SMILES string of the molecule is COc1ccc(-c2noc(C3CCCCN3C(=O)C(C)Cl)n2)cc1. The van der Waals surface area contributed by atoms with E-state index in [1.807, 2.05) is 24.3 Å². The standard InChI is InChI=1S/C17H20ClN3O3/c1-11(18)17(22)21-10-4-3-5-14(21)16-19-15(20-24-16)12-6-8-13(23-2)9-7-12/h6-9,11,14H,3-5,10H2,1-2H3. The van der Waals surface area contributed by atoms with E-state index >= 15 is 0 Å². The number of halogens is 1. The molecule has 2 atom stereocenters. The first-order chi connectivity index (χ1) is 11.6. The van der Waals surface area contributed by atoms with E-state index in [2.05, 4.69) is 10.1 Å². The van der Waals surface area contributed by atoms with Gasteiger partial charge < -0.3 is 14.2 Å². The average Bonchev–Trinajstić information content (AvgIpc) is 3.11. The van der Waals surface area contributed by atoms with Crippen LogP contribution in [0.15, 0.2) is 28.8 Å². The van der Waals surface area contributed by atoms with Gasteiger partial charge in [0, 0.05) is 12.1 Å². The Morgan fingerprint density at radius 1 is 1.38 bits per heavy atom. The van der Waals surface area contributed by atoms with Crippen molar-refractivity contribution in [3.05, 3.63) is 30.2 Å². The molecule has 3 rings (SSSR count). The summed E-state index contributed by atoms with van der Waals surface area (Å²) in [5.74, 6) is 1.64. The lowest BCUT2D eigenvalue weighted by molar-refractivity contribution is -0.135. The molecule has 1 fully saturated rings. The largest absolute Gasteiger partial charge is 0.497 e. The monoisotopic (exact) mass is 349 g/mol. The van der Waals surface area contributed by atoms with Gasteiger partial charge in [-0.2, -0.15) is 4.98 Å². The van der Waals surface area contributed by atoms with Gasteiger partial charge in [-0.15, -0.1) is 11.6 Å². The number of ether oxygens (including phenoxy) is 1. The number of carbonyl (C=O) groups is 1.